The fourth-order valence-corrected chi connectivity index (χ4v) is 3.97. The highest BCUT2D eigenvalue weighted by Gasteiger charge is 2.13. The average molecular weight is 445 g/mol. The maximum atomic E-state index is 11.0. The summed E-state index contributed by atoms with van der Waals surface area (Å²) in [5.74, 6) is 1.64. The lowest BCUT2D eigenvalue weighted by molar-refractivity contribution is -0.384. The molecule has 5 aromatic rings. The molecule has 0 radical (unpaired) electrons. The van der Waals surface area contributed by atoms with Crippen LogP contribution in [-0.2, 0) is 0 Å². The topological polar surface area (TPSA) is 120 Å². The van der Waals surface area contributed by atoms with E-state index in [9.17, 15) is 10.1 Å². The van der Waals surface area contributed by atoms with Gasteiger partial charge in [-0.1, -0.05) is 12.1 Å². The molecule has 32 heavy (non-hydrogen) atoms. The fraction of sp³-hybridized carbons (Fsp3) is 0.0476. The Morgan fingerprint density at radius 2 is 1.91 bits per heavy atom. The number of anilines is 2. The molecule has 0 amide bonds. The molecular weight excluding hydrogens is 430 g/mol. The lowest BCUT2D eigenvalue weighted by atomic mass is 10.1. The van der Waals surface area contributed by atoms with Gasteiger partial charge in [-0.05, 0) is 36.4 Å². The van der Waals surface area contributed by atoms with Gasteiger partial charge in [0.15, 0.2) is 5.82 Å². The van der Waals surface area contributed by atoms with Crippen molar-refractivity contribution in [2.45, 2.75) is 0 Å². The van der Waals surface area contributed by atoms with Gasteiger partial charge < -0.3 is 10.1 Å². The molecule has 10 nitrogen and oxygen atoms in total. The van der Waals surface area contributed by atoms with Gasteiger partial charge in [0.1, 0.15) is 5.75 Å². The van der Waals surface area contributed by atoms with E-state index in [0.29, 0.717) is 23.0 Å². The summed E-state index contributed by atoms with van der Waals surface area (Å²) >= 11 is 1.48. The molecule has 0 spiro atoms. The van der Waals surface area contributed by atoms with Crippen LogP contribution >= 0.6 is 11.3 Å². The standard InChI is InChI=1S/C21H15N7O3S/c1-31-16-7-5-13(6-8-16)18-12-32-21-23-20(26-27(18)21)22-19-10-9-17(24-25-19)14-3-2-4-15(11-14)28(29)30/h2-12H,1H3,(H,22,25,26). The Balaban J connectivity index is 1.37. The van der Waals surface area contributed by atoms with Crippen molar-refractivity contribution in [1.29, 1.82) is 0 Å². The van der Waals surface area contributed by atoms with Gasteiger partial charge in [-0.15, -0.1) is 26.6 Å². The van der Waals surface area contributed by atoms with Gasteiger partial charge in [0.25, 0.3) is 5.69 Å². The van der Waals surface area contributed by atoms with Gasteiger partial charge in [-0.3, -0.25) is 10.1 Å². The SMILES string of the molecule is COc1ccc(-c2csc3nc(Nc4ccc(-c5cccc([N+](=O)[O-])c5)nn4)nn23)cc1. The number of hydrogen-bond acceptors (Lipinski definition) is 9. The summed E-state index contributed by atoms with van der Waals surface area (Å²) in [4.78, 5) is 15.8. The van der Waals surface area contributed by atoms with Crippen LogP contribution in [0.5, 0.6) is 5.75 Å². The Labute approximate surface area is 185 Å². The van der Waals surface area contributed by atoms with Crippen molar-refractivity contribution in [2.75, 3.05) is 12.4 Å². The van der Waals surface area contributed by atoms with Crippen LogP contribution in [0.1, 0.15) is 0 Å². The molecule has 11 heteroatoms. The summed E-state index contributed by atoms with van der Waals surface area (Å²) in [5, 5.41) is 28.9. The first kappa shape index (κ1) is 19.6. The van der Waals surface area contributed by atoms with Crippen LogP contribution in [0.15, 0.2) is 66.0 Å². The second-order valence-corrected chi connectivity index (χ2v) is 7.55. The van der Waals surface area contributed by atoms with E-state index in [-0.39, 0.29) is 5.69 Å². The Morgan fingerprint density at radius 1 is 1.06 bits per heavy atom. The molecule has 0 aliphatic rings. The highest BCUT2D eigenvalue weighted by atomic mass is 32.1. The number of benzene rings is 2. The highest BCUT2D eigenvalue weighted by Crippen LogP contribution is 2.28. The third-order valence-corrected chi connectivity index (χ3v) is 5.54. The number of nitro groups is 1. The van der Waals surface area contributed by atoms with E-state index in [0.717, 1.165) is 22.0 Å². The number of nitrogens with one attached hydrogen (secondary N) is 1. The number of hydrogen-bond donors (Lipinski definition) is 1. The van der Waals surface area contributed by atoms with Crippen molar-refractivity contribution in [3.05, 3.63) is 76.2 Å². The highest BCUT2D eigenvalue weighted by molar-refractivity contribution is 7.15. The van der Waals surface area contributed by atoms with Crippen LogP contribution in [0.2, 0.25) is 0 Å². The summed E-state index contributed by atoms with van der Waals surface area (Å²) in [6, 6.07) is 17.4. The summed E-state index contributed by atoms with van der Waals surface area (Å²) in [6.07, 6.45) is 0. The minimum absolute atomic E-state index is 0.00134. The van der Waals surface area contributed by atoms with E-state index >= 15 is 0 Å². The Morgan fingerprint density at radius 3 is 2.62 bits per heavy atom. The average Bonchev–Trinajstić information content (AvgIpc) is 3.40. The number of thiazole rings is 1. The summed E-state index contributed by atoms with van der Waals surface area (Å²) in [7, 11) is 1.63. The van der Waals surface area contributed by atoms with Crippen LogP contribution in [0, 0.1) is 10.1 Å². The van der Waals surface area contributed by atoms with Gasteiger partial charge in [0, 0.05) is 28.6 Å². The Hall–Kier alpha value is -4.38. The number of nitro benzene ring substituents is 1. The number of ether oxygens (including phenoxy) is 1. The maximum Gasteiger partial charge on any atom is 0.270 e. The fourth-order valence-electron chi connectivity index (χ4n) is 3.14. The largest absolute Gasteiger partial charge is 0.497 e. The molecule has 3 heterocycles. The molecule has 0 fully saturated rings. The van der Waals surface area contributed by atoms with Gasteiger partial charge in [-0.25, -0.2) is 4.52 Å². The lowest BCUT2D eigenvalue weighted by Crippen LogP contribution is -1.99. The van der Waals surface area contributed by atoms with Crippen molar-refractivity contribution in [3.8, 4) is 28.3 Å². The van der Waals surface area contributed by atoms with E-state index < -0.39 is 4.92 Å². The second-order valence-electron chi connectivity index (χ2n) is 6.72. The number of nitrogens with zero attached hydrogens (tertiary/aromatic N) is 6. The maximum absolute atomic E-state index is 11.0. The molecule has 0 atom stereocenters. The van der Waals surface area contributed by atoms with Crippen LogP contribution < -0.4 is 10.1 Å². The number of rotatable bonds is 6. The quantitative estimate of drug-likeness (QED) is 0.298. The smallest absolute Gasteiger partial charge is 0.270 e. The molecule has 0 saturated carbocycles. The monoisotopic (exact) mass is 445 g/mol. The molecule has 1 N–H and O–H groups in total. The van der Waals surface area contributed by atoms with Crippen LogP contribution in [0.3, 0.4) is 0 Å². The molecular formula is C21H15N7O3S. The number of fused-ring (bicyclic) bond motifs is 1. The van der Waals surface area contributed by atoms with E-state index in [1.54, 1.807) is 35.9 Å². The van der Waals surface area contributed by atoms with E-state index in [2.05, 4.69) is 25.6 Å². The van der Waals surface area contributed by atoms with E-state index in [1.807, 2.05) is 29.6 Å². The van der Waals surface area contributed by atoms with Gasteiger partial charge in [0.05, 0.1) is 23.4 Å². The van der Waals surface area contributed by atoms with Crippen molar-refractivity contribution in [1.82, 2.24) is 24.8 Å². The third kappa shape index (κ3) is 3.72. The van der Waals surface area contributed by atoms with Gasteiger partial charge in [-0.2, -0.15) is 4.98 Å². The van der Waals surface area contributed by atoms with Crippen LogP contribution in [-0.4, -0.2) is 36.8 Å². The summed E-state index contributed by atoms with van der Waals surface area (Å²) in [6.45, 7) is 0. The summed E-state index contributed by atoms with van der Waals surface area (Å²) < 4.78 is 6.98. The minimum atomic E-state index is -0.441. The molecule has 0 saturated heterocycles. The molecule has 2 aromatic carbocycles. The minimum Gasteiger partial charge on any atom is -0.497 e. The summed E-state index contributed by atoms with van der Waals surface area (Å²) in [5.41, 5.74) is 3.05. The van der Waals surface area contributed by atoms with Gasteiger partial charge in [0.2, 0.25) is 10.9 Å². The van der Waals surface area contributed by atoms with Crippen molar-refractivity contribution < 1.29 is 9.66 Å². The molecule has 3 aromatic heterocycles. The first-order valence-electron chi connectivity index (χ1n) is 9.45. The molecule has 0 unspecified atom stereocenters. The Bertz CT molecular complexity index is 1410. The molecule has 0 aliphatic carbocycles. The van der Waals surface area contributed by atoms with Crippen LogP contribution in [0.4, 0.5) is 17.5 Å². The molecule has 0 aliphatic heterocycles. The zero-order chi connectivity index (χ0) is 22.1. The van der Waals surface area contributed by atoms with Crippen molar-refractivity contribution in [3.63, 3.8) is 0 Å². The normalized spacial score (nSPS) is 10.9. The Kier molecular flexibility index (Phi) is 4.92. The first-order valence-corrected chi connectivity index (χ1v) is 10.3. The number of methoxy groups -OCH3 is 1. The number of non-ortho nitro benzene ring substituents is 1. The lowest BCUT2D eigenvalue weighted by Gasteiger charge is -2.03. The van der Waals surface area contributed by atoms with E-state index in [4.69, 9.17) is 4.74 Å². The molecule has 5 rings (SSSR count). The zero-order valence-corrected chi connectivity index (χ0v) is 17.5. The van der Waals surface area contributed by atoms with Gasteiger partial charge >= 0.3 is 0 Å². The zero-order valence-electron chi connectivity index (χ0n) is 16.7. The molecule has 158 valence electrons. The predicted molar refractivity (Wildman–Crippen MR) is 120 cm³/mol. The van der Waals surface area contributed by atoms with Crippen molar-refractivity contribution >= 4 is 33.8 Å². The predicted octanol–water partition coefficient (Wildman–Crippen LogP) is 4.58. The molecule has 0 bridgehead atoms. The van der Waals surface area contributed by atoms with Crippen LogP contribution in [0.25, 0.3) is 27.5 Å². The first-order chi connectivity index (χ1) is 15.6. The number of aromatic nitrogens is 5. The third-order valence-electron chi connectivity index (χ3n) is 4.72. The van der Waals surface area contributed by atoms with E-state index in [1.165, 1.54) is 23.5 Å². The second kappa shape index (κ2) is 8.04. The van der Waals surface area contributed by atoms with Crippen molar-refractivity contribution in [2.24, 2.45) is 0 Å².